The van der Waals surface area contributed by atoms with Crippen LogP contribution in [0.15, 0.2) is 24.0 Å². The molecule has 0 amide bonds. The molecule has 5 heteroatoms. The van der Waals surface area contributed by atoms with E-state index < -0.39 is 0 Å². The van der Waals surface area contributed by atoms with Crippen molar-refractivity contribution in [3.63, 3.8) is 0 Å². The van der Waals surface area contributed by atoms with E-state index in [-0.39, 0.29) is 0 Å². The van der Waals surface area contributed by atoms with E-state index >= 15 is 0 Å². The summed E-state index contributed by atoms with van der Waals surface area (Å²) in [5, 5.41) is 2.97. The zero-order valence-electron chi connectivity index (χ0n) is 7.42. The van der Waals surface area contributed by atoms with Crippen LogP contribution in [0.3, 0.4) is 0 Å². The van der Waals surface area contributed by atoms with Crippen molar-refractivity contribution in [2.75, 3.05) is 5.75 Å². The molecule has 2 heterocycles. The summed E-state index contributed by atoms with van der Waals surface area (Å²) in [5.74, 6) is 0.823. The molecule has 2 aromatic heterocycles. The Labute approximate surface area is 91.7 Å². The maximum absolute atomic E-state index is 4.44. The lowest BCUT2D eigenvalue weighted by atomic mass is 10.4. The highest BCUT2D eigenvalue weighted by Crippen LogP contribution is 2.20. The summed E-state index contributed by atoms with van der Waals surface area (Å²) in [4.78, 5) is 12.6. The lowest BCUT2D eigenvalue weighted by Gasteiger charge is -1.92. The van der Waals surface area contributed by atoms with Gasteiger partial charge in [-0.2, -0.15) is 12.6 Å². The lowest BCUT2D eigenvalue weighted by Crippen LogP contribution is -1.87. The van der Waals surface area contributed by atoms with Crippen LogP contribution in [0, 0.1) is 0 Å². The average molecular weight is 223 g/mol. The van der Waals surface area contributed by atoms with Crippen LogP contribution >= 0.6 is 24.0 Å². The van der Waals surface area contributed by atoms with E-state index in [4.69, 9.17) is 0 Å². The van der Waals surface area contributed by atoms with Gasteiger partial charge in [0.05, 0.1) is 11.9 Å². The fourth-order valence-electron chi connectivity index (χ4n) is 1.06. The topological polar surface area (TPSA) is 38.7 Å². The van der Waals surface area contributed by atoms with Gasteiger partial charge in [-0.3, -0.25) is 9.97 Å². The van der Waals surface area contributed by atoms with E-state index in [0.717, 1.165) is 28.6 Å². The van der Waals surface area contributed by atoms with Crippen molar-refractivity contribution >= 4 is 24.0 Å². The van der Waals surface area contributed by atoms with Crippen molar-refractivity contribution < 1.29 is 0 Å². The van der Waals surface area contributed by atoms with Gasteiger partial charge in [0.2, 0.25) is 0 Å². The predicted octanol–water partition coefficient (Wildman–Crippen LogP) is 2.07. The molecular formula is C9H9N3S2. The highest BCUT2D eigenvalue weighted by molar-refractivity contribution is 7.80. The molecule has 3 nitrogen and oxygen atoms in total. The summed E-state index contributed by atoms with van der Waals surface area (Å²) in [7, 11) is 0. The molecule has 2 rings (SSSR count). The molecule has 0 aliphatic rings. The molecule has 0 spiro atoms. The van der Waals surface area contributed by atoms with Crippen molar-refractivity contribution in [1.29, 1.82) is 0 Å². The minimum atomic E-state index is 0.823. The van der Waals surface area contributed by atoms with Crippen LogP contribution in [0.1, 0.15) is 5.69 Å². The SMILES string of the molecule is SCCc1csc(-c2cnccn2)n1. The van der Waals surface area contributed by atoms with Crippen LogP contribution in [0.5, 0.6) is 0 Å². The molecule has 14 heavy (non-hydrogen) atoms. The van der Waals surface area contributed by atoms with Crippen molar-refractivity contribution in [3.05, 3.63) is 29.7 Å². The number of thiol groups is 1. The fourth-order valence-corrected chi connectivity index (χ4v) is 2.11. The molecule has 0 bridgehead atoms. The Balaban J connectivity index is 2.25. The van der Waals surface area contributed by atoms with Gasteiger partial charge in [0.1, 0.15) is 10.7 Å². The number of thiazole rings is 1. The molecule has 0 fully saturated rings. The second-order valence-corrected chi connectivity index (χ2v) is 4.01. The first-order chi connectivity index (χ1) is 6.90. The summed E-state index contributed by atoms with van der Waals surface area (Å²) in [6.45, 7) is 0. The van der Waals surface area contributed by atoms with E-state index in [1.807, 2.05) is 5.38 Å². The number of hydrogen-bond donors (Lipinski definition) is 1. The standard InChI is InChI=1S/C9H9N3S2/c13-4-1-7-6-14-9(12-7)8-5-10-2-3-11-8/h2-3,5-6,13H,1,4H2. The van der Waals surface area contributed by atoms with Gasteiger partial charge in [-0.1, -0.05) is 0 Å². The first-order valence-electron chi connectivity index (χ1n) is 4.22. The number of rotatable bonds is 3. The zero-order chi connectivity index (χ0) is 9.80. The largest absolute Gasteiger partial charge is 0.261 e. The summed E-state index contributed by atoms with van der Waals surface area (Å²) >= 11 is 5.76. The van der Waals surface area contributed by atoms with Gasteiger partial charge < -0.3 is 0 Å². The molecule has 0 atom stereocenters. The Morgan fingerprint density at radius 3 is 3.00 bits per heavy atom. The van der Waals surface area contributed by atoms with E-state index in [1.54, 1.807) is 29.9 Å². The Hall–Kier alpha value is -0.940. The normalized spacial score (nSPS) is 10.4. The lowest BCUT2D eigenvalue weighted by molar-refractivity contribution is 1.07. The van der Waals surface area contributed by atoms with E-state index in [9.17, 15) is 0 Å². The average Bonchev–Trinajstić information content (AvgIpc) is 2.68. The number of aromatic nitrogens is 3. The van der Waals surface area contributed by atoms with E-state index in [2.05, 4.69) is 27.6 Å². The molecule has 72 valence electrons. The molecule has 0 radical (unpaired) electrons. The van der Waals surface area contributed by atoms with Crippen molar-refractivity contribution in [2.24, 2.45) is 0 Å². The molecule has 0 saturated carbocycles. The maximum Gasteiger partial charge on any atom is 0.143 e. The third-order valence-electron chi connectivity index (χ3n) is 1.70. The van der Waals surface area contributed by atoms with Gasteiger partial charge in [-0.25, -0.2) is 4.98 Å². The quantitative estimate of drug-likeness (QED) is 0.810. The van der Waals surface area contributed by atoms with Gasteiger partial charge in [0, 0.05) is 17.8 Å². The van der Waals surface area contributed by atoms with Gasteiger partial charge >= 0.3 is 0 Å². The van der Waals surface area contributed by atoms with Crippen molar-refractivity contribution in [3.8, 4) is 10.7 Å². The summed E-state index contributed by atoms with van der Waals surface area (Å²) < 4.78 is 0. The van der Waals surface area contributed by atoms with E-state index in [1.165, 1.54) is 0 Å². The molecule has 0 aromatic carbocycles. The van der Waals surface area contributed by atoms with Crippen LogP contribution in [0.25, 0.3) is 10.7 Å². The van der Waals surface area contributed by atoms with Crippen LogP contribution < -0.4 is 0 Å². The molecular weight excluding hydrogens is 214 g/mol. The smallest absolute Gasteiger partial charge is 0.143 e. The van der Waals surface area contributed by atoms with Gasteiger partial charge in [-0.05, 0) is 12.2 Å². The minimum absolute atomic E-state index is 0.823. The Morgan fingerprint density at radius 1 is 1.36 bits per heavy atom. The Morgan fingerprint density at radius 2 is 2.29 bits per heavy atom. The fraction of sp³-hybridized carbons (Fsp3) is 0.222. The summed E-state index contributed by atoms with van der Waals surface area (Å²) in [6.07, 6.45) is 5.96. The molecule has 0 saturated heterocycles. The minimum Gasteiger partial charge on any atom is -0.261 e. The first kappa shape index (κ1) is 9.61. The van der Waals surface area contributed by atoms with Crippen molar-refractivity contribution in [1.82, 2.24) is 15.0 Å². The molecule has 0 N–H and O–H groups in total. The second kappa shape index (κ2) is 4.52. The molecule has 0 unspecified atom stereocenters. The highest BCUT2D eigenvalue weighted by Gasteiger charge is 2.04. The van der Waals surface area contributed by atoms with Crippen LogP contribution in [0.2, 0.25) is 0 Å². The Bertz CT molecular complexity index is 399. The Kier molecular flexibility index (Phi) is 3.10. The predicted molar refractivity (Wildman–Crippen MR) is 60.7 cm³/mol. The zero-order valence-corrected chi connectivity index (χ0v) is 9.13. The number of hydrogen-bond acceptors (Lipinski definition) is 5. The molecule has 0 aliphatic heterocycles. The summed E-state index contributed by atoms with van der Waals surface area (Å²) in [6, 6.07) is 0. The first-order valence-corrected chi connectivity index (χ1v) is 5.73. The van der Waals surface area contributed by atoms with Gasteiger partial charge in [-0.15, -0.1) is 11.3 Å². The van der Waals surface area contributed by atoms with Crippen LogP contribution in [-0.4, -0.2) is 20.7 Å². The van der Waals surface area contributed by atoms with Gasteiger partial charge in [0.25, 0.3) is 0 Å². The summed E-state index contributed by atoms with van der Waals surface area (Å²) in [5.41, 5.74) is 1.91. The third kappa shape index (κ3) is 2.10. The molecule has 2 aromatic rings. The number of nitrogens with zero attached hydrogens (tertiary/aromatic N) is 3. The van der Waals surface area contributed by atoms with Gasteiger partial charge in [0.15, 0.2) is 0 Å². The van der Waals surface area contributed by atoms with Crippen LogP contribution in [0.4, 0.5) is 0 Å². The van der Waals surface area contributed by atoms with E-state index in [0.29, 0.717) is 0 Å². The third-order valence-corrected chi connectivity index (χ3v) is 2.84. The maximum atomic E-state index is 4.44. The number of aryl methyl sites for hydroxylation is 1. The highest BCUT2D eigenvalue weighted by atomic mass is 32.1. The molecule has 0 aliphatic carbocycles. The second-order valence-electron chi connectivity index (χ2n) is 2.71. The van der Waals surface area contributed by atoms with Crippen LogP contribution in [-0.2, 0) is 6.42 Å². The van der Waals surface area contributed by atoms with Crippen molar-refractivity contribution in [2.45, 2.75) is 6.42 Å². The monoisotopic (exact) mass is 223 g/mol.